The Hall–Kier alpha value is -0.0157. The molecule has 0 saturated carbocycles. The van der Waals surface area contributed by atoms with Gasteiger partial charge in [-0.1, -0.05) is 0 Å². The van der Waals surface area contributed by atoms with Gasteiger partial charge in [-0.15, -0.1) is 0 Å². The monoisotopic (exact) mass is 351 g/mol. The van der Waals surface area contributed by atoms with Crippen molar-refractivity contribution in [2.24, 2.45) is 5.41 Å². The second kappa shape index (κ2) is 6.47. The van der Waals surface area contributed by atoms with Crippen molar-refractivity contribution in [3.63, 3.8) is 0 Å². The average Bonchev–Trinajstić information content (AvgIpc) is 2.71. The van der Waals surface area contributed by atoms with E-state index < -0.39 is 0 Å². The molecule has 0 heterocycles. The summed E-state index contributed by atoms with van der Waals surface area (Å²) in [5.41, 5.74) is 1.28. The van der Waals surface area contributed by atoms with Crippen molar-refractivity contribution in [3.8, 4) is 0 Å². The third kappa shape index (κ3) is 4.29. The zero-order valence-electron chi connectivity index (χ0n) is 14.6. The third-order valence-electron chi connectivity index (χ3n) is 3.64. The van der Waals surface area contributed by atoms with Crippen LogP contribution in [0.2, 0.25) is 0 Å². The Labute approximate surface area is 151 Å². The van der Waals surface area contributed by atoms with E-state index in [4.69, 9.17) is 4.74 Å². The molecule has 0 aromatic rings. The first-order valence-electron chi connectivity index (χ1n) is 7.92. The van der Waals surface area contributed by atoms with Crippen LogP contribution in [0.3, 0.4) is 0 Å². The maximum atomic E-state index is 6.69. The van der Waals surface area contributed by atoms with E-state index in [-0.39, 0.29) is 15.9 Å². The first-order chi connectivity index (χ1) is 10.0. The van der Waals surface area contributed by atoms with Crippen LogP contribution in [0.25, 0.3) is 0 Å². The van der Waals surface area contributed by atoms with Crippen LogP contribution in [0.1, 0.15) is 54.4 Å². The Balaban J connectivity index is 2.46. The molecule has 119 valence electrons. The summed E-state index contributed by atoms with van der Waals surface area (Å²) in [5.74, 6) is 0. The summed E-state index contributed by atoms with van der Waals surface area (Å²) in [6.45, 7) is 13.3. The number of hydrogen-bond acceptors (Lipinski definition) is 2. The maximum absolute atomic E-state index is 6.69. The van der Waals surface area contributed by atoms with Gasteiger partial charge >= 0.3 is 152 Å². The fraction of sp³-hybridized carbons (Fsp3) is 0.579. The molecule has 2 aliphatic carbocycles. The van der Waals surface area contributed by atoms with Crippen LogP contribution in [-0.4, -0.2) is 10.5 Å². The molecule has 0 spiro atoms. The summed E-state index contributed by atoms with van der Waals surface area (Å²) < 4.78 is 8.14. The quantitative estimate of drug-likeness (QED) is 0.464. The second-order valence-corrected chi connectivity index (χ2v) is 10.2. The normalized spacial score (nSPS) is 25.8. The van der Waals surface area contributed by atoms with Gasteiger partial charge in [0.15, 0.2) is 0 Å². The molecule has 2 aliphatic rings. The molecular formula is C19H27OSTi. The Morgan fingerprint density at radius 3 is 2.32 bits per heavy atom. The summed E-state index contributed by atoms with van der Waals surface area (Å²) in [7, 11) is 0. The molecule has 1 atom stereocenters. The van der Waals surface area contributed by atoms with E-state index in [1.807, 2.05) is 11.8 Å². The van der Waals surface area contributed by atoms with Crippen molar-refractivity contribution in [2.45, 2.75) is 64.9 Å². The van der Waals surface area contributed by atoms with Crippen LogP contribution in [-0.2, 0) is 25.2 Å². The summed E-state index contributed by atoms with van der Waals surface area (Å²) in [4.78, 5) is 1.06. The van der Waals surface area contributed by atoms with Gasteiger partial charge in [-0.3, -0.25) is 0 Å². The Bertz CT molecular complexity index is 555. The van der Waals surface area contributed by atoms with Gasteiger partial charge in [-0.25, -0.2) is 0 Å². The van der Waals surface area contributed by atoms with Gasteiger partial charge in [0.25, 0.3) is 0 Å². The van der Waals surface area contributed by atoms with Gasteiger partial charge in [0.05, 0.1) is 0 Å². The van der Waals surface area contributed by atoms with Crippen molar-refractivity contribution in [1.29, 1.82) is 0 Å². The zero-order chi connectivity index (χ0) is 16.6. The molecule has 1 nitrogen and oxygen atoms in total. The first kappa shape index (κ1) is 18.3. The summed E-state index contributed by atoms with van der Waals surface area (Å²) in [6.07, 6.45) is 13.2. The molecule has 0 bridgehead atoms. The van der Waals surface area contributed by atoms with Crippen LogP contribution in [0, 0.1) is 5.41 Å². The molecule has 0 aromatic carbocycles. The van der Waals surface area contributed by atoms with Crippen LogP contribution in [0.15, 0.2) is 44.7 Å². The summed E-state index contributed by atoms with van der Waals surface area (Å²) in [6, 6.07) is 0. The number of ether oxygens (including phenoxy) is 1. The van der Waals surface area contributed by atoms with Crippen LogP contribution in [0.4, 0.5) is 0 Å². The van der Waals surface area contributed by atoms with E-state index in [9.17, 15) is 0 Å². The van der Waals surface area contributed by atoms with Crippen molar-refractivity contribution in [3.05, 3.63) is 44.7 Å². The molecule has 0 N–H and O–H groups in total. The van der Waals surface area contributed by atoms with Crippen LogP contribution < -0.4 is 0 Å². The van der Waals surface area contributed by atoms with Gasteiger partial charge in [-0.2, -0.15) is 0 Å². The average molecular weight is 351 g/mol. The van der Waals surface area contributed by atoms with E-state index in [1.54, 1.807) is 0 Å². The fourth-order valence-corrected chi connectivity index (χ4v) is 5.15. The van der Waals surface area contributed by atoms with Crippen molar-refractivity contribution < 1.29 is 25.2 Å². The van der Waals surface area contributed by atoms with E-state index in [0.717, 1.165) is 12.8 Å². The number of allylic oxidation sites excluding steroid dienone is 5. The van der Waals surface area contributed by atoms with E-state index in [2.05, 4.69) is 92.4 Å². The molecule has 2 rings (SSSR count). The molecule has 0 fully saturated rings. The number of thioether (sulfide) groups is 1. The van der Waals surface area contributed by atoms with Gasteiger partial charge in [0, 0.05) is 0 Å². The Morgan fingerprint density at radius 2 is 1.82 bits per heavy atom. The van der Waals surface area contributed by atoms with E-state index in [1.165, 1.54) is 14.4 Å². The third-order valence-corrected chi connectivity index (χ3v) is 6.06. The second-order valence-electron chi connectivity index (χ2n) is 7.98. The molecule has 22 heavy (non-hydrogen) atoms. The van der Waals surface area contributed by atoms with E-state index >= 15 is 0 Å². The van der Waals surface area contributed by atoms with Gasteiger partial charge in [-0.05, 0) is 0 Å². The fourth-order valence-electron chi connectivity index (χ4n) is 2.91. The molecule has 0 aliphatic heterocycles. The number of hydrogen-bond donors (Lipinski definition) is 0. The zero-order valence-corrected chi connectivity index (χ0v) is 17.0. The summed E-state index contributed by atoms with van der Waals surface area (Å²) in [5, 5.41) is 0. The van der Waals surface area contributed by atoms with E-state index in [0.29, 0.717) is 0 Å². The Kier molecular flexibility index (Phi) is 5.39. The first-order valence-corrected chi connectivity index (χ1v) is 9.51. The minimum absolute atomic E-state index is 0.0831. The summed E-state index contributed by atoms with van der Waals surface area (Å²) >= 11 is 4.13. The molecule has 0 saturated heterocycles. The van der Waals surface area contributed by atoms with Crippen molar-refractivity contribution in [1.82, 2.24) is 0 Å². The molecule has 0 radical (unpaired) electrons. The molecular weight excluding hydrogens is 324 g/mol. The standard InChI is InChI=1S/C19H27OS.Ti/c1-17(2,3)16-13-9-10-14-19(16,20-18(4,5)6)21-15-11-7-8-12-15;/h7,9-11,13H,8,14H2,1-6H3;. The predicted octanol–water partition coefficient (Wildman–Crippen LogP) is 5.88. The molecule has 1 unspecified atom stereocenters. The number of rotatable bonds is 3. The van der Waals surface area contributed by atoms with Gasteiger partial charge < -0.3 is 0 Å². The van der Waals surface area contributed by atoms with Gasteiger partial charge in [0.1, 0.15) is 0 Å². The SMILES string of the molecule is CC(C)(C)OC1(SC2=[C]([Ti])CC=C2)CC=CC=C1C(C)(C)C. The van der Waals surface area contributed by atoms with Gasteiger partial charge in [0.2, 0.25) is 0 Å². The topological polar surface area (TPSA) is 9.23 Å². The van der Waals surface area contributed by atoms with Crippen LogP contribution in [0.5, 0.6) is 0 Å². The van der Waals surface area contributed by atoms with Crippen LogP contribution >= 0.6 is 11.8 Å². The minimum atomic E-state index is -0.309. The van der Waals surface area contributed by atoms with Crippen molar-refractivity contribution >= 4 is 11.8 Å². The molecule has 0 amide bonds. The predicted molar refractivity (Wildman–Crippen MR) is 93.2 cm³/mol. The molecule has 3 heteroatoms. The Morgan fingerprint density at radius 1 is 1.14 bits per heavy atom. The van der Waals surface area contributed by atoms with Crippen molar-refractivity contribution in [2.75, 3.05) is 0 Å². The molecule has 0 aromatic heterocycles.